The molecule has 2 rings (SSSR count). The topological polar surface area (TPSA) is 68.3 Å². The number of hydrogen-bond donors (Lipinski definition) is 1. The summed E-state index contributed by atoms with van der Waals surface area (Å²) < 4.78 is 4.90. The number of nitrogens with one attached hydrogen (secondary N) is 1. The number of carbonyl (C=O) groups is 2. The molecular formula is C15H11Cl3N2O3. The lowest BCUT2D eigenvalue weighted by Gasteiger charge is -2.09. The monoisotopic (exact) mass is 372 g/mol. The smallest absolute Gasteiger partial charge is 0.340 e. The summed E-state index contributed by atoms with van der Waals surface area (Å²) in [5.41, 5.74) is 1.31. The van der Waals surface area contributed by atoms with Crippen LogP contribution in [0, 0.1) is 6.92 Å². The standard InChI is InChI=1S/C15H11Cl3N2O3/c1-8-2-3-9(6-19-8)15(22)23-7-14(21)20-13-5-11(17)10(16)4-12(13)18/h2-6H,7H2,1H3,(H,20,21). The van der Waals surface area contributed by atoms with Crippen molar-refractivity contribution in [1.29, 1.82) is 0 Å². The van der Waals surface area contributed by atoms with E-state index in [4.69, 9.17) is 39.5 Å². The number of anilines is 1. The fraction of sp³-hybridized carbons (Fsp3) is 0.133. The molecule has 0 aliphatic heterocycles. The highest BCUT2D eigenvalue weighted by atomic mass is 35.5. The van der Waals surface area contributed by atoms with E-state index in [1.54, 1.807) is 19.1 Å². The maximum absolute atomic E-state index is 11.8. The Labute approximate surface area is 147 Å². The van der Waals surface area contributed by atoms with Crippen LogP contribution in [-0.2, 0) is 9.53 Å². The zero-order valence-electron chi connectivity index (χ0n) is 11.9. The first-order chi connectivity index (χ1) is 10.9. The van der Waals surface area contributed by atoms with Crippen molar-refractivity contribution in [2.45, 2.75) is 6.92 Å². The summed E-state index contributed by atoms with van der Waals surface area (Å²) in [6, 6.07) is 6.06. The first-order valence-corrected chi connectivity index (χ1v) is 7.54. The van der Waals surface area contributed by atoms with Gasteiger partial charge in [0.15, 0.2) is 6.61 Å². The van der Waals surface area contributed by atoms with Gasteiger partial charge in [0.2, 0.25) is 0 Å². The van der Waals surface area contributed by atoms with Gasteiger partial charge in [0, 0.05) is 11.9 Å². The number of nitrogens with zero attached hydrogens (tertiary/aromatic N) is 1. The highest BCUT2D eigenvalue weighted by Gasteiger charge is 2.13. The summed E-state index contributed by atoms with van der Waals surface area (Å²) in [6.07, 6.45) is 1.38. The SMILES string of the molecule is Cc1ccc(C(=O)OCC(=O)Nc2cc(Cl)c(Cl)cc2Cl)cn1. The van der Waals surface area contributed by atoms with Crippen LogP contribution in [-0.4, -0.2) is 23.5 Å². The van der Waals surface area contributed by atoms with Crippen molar-refractivity contribution < 1.29 is 14.3 Å². The lowest BCUT2D eigenvalue weighted by atomic mass is 10.2. The van der Waals surface area contributed by atoms with E-state index >= 15 is 0 Å². The summed E-state index contributed by atoms with van der Waals surface area (Å²) in [6.45, 7) is 1.33. The summed E-state index contributed by atoms with van der Waals surface area (Å²) >= 11 is 17.6. The second-order valence-electron chi connectivity index (χ2n) is 4.56. The first-order valence-electron chi connectivity index (χ1n) is 6.41. The van der Waals surface area contributed by atoms with Gasteiger partial charge in [0.05, 0.1) is 26.3 Å². The molecule has 0 fully saturated rings. The number of aromatic nitrogens is 1. The number of hydrogen-bond acceptors (Lipinski definition) is 4. The van der Waals surface area contributed by atoms with Gasteiger partial charge in [-0.05, 0) is 31.2 Å². The minimum absolute atomic E-state index is 0.224. The molecule has 0 atom stereocenters. The Hall–Kier alpha value is -1.82. The molecule has 0 aliphatic carbocycles. The number of ether oxygens (including phenoxy) is 1. The zero-order valence-corrected chi connectivity index (χ0v) is 14.2. The number of pyridine rings is 1. The van der Waals surface area contributed by atoms with Crippen LogP contribution in [0.1, 0.15) is 16.1 Å². The van der Waals surface area contributed by atoms with E-state index in [1.165, 1.54) is 18.3 Å². The highest BCUT2D eigenvalue weighted by molar-refractivity contribution is 6.44. The maximum atomic E-state index is 11.8. The first kappa shape index (κ1) is 17.5. The van der Waals surface area contributed by atoms with Crippen molar-refractivity contribution in [2.24, 2.45) is 0 Å². The molecule has 0 spiro atoms. The lowest BCUT2D eigenvalue weighted by Crippen LogP contribution is -2.21. The molecule has 0 radical (unpaired) electrons. The average molecular weight is 374 g/mol. The lowest BCUT2D eigenvalue weighted by molar-refractivity contribution is -0.119. The summed E-state index contributed by atoms with van der Waals surface area (Å²) in [5.74, 6) is -1.20. The van der Waals surface area contributed by atoms with Crippen molar-refractivity contribution >= 4 is 52.4 Å². The number of esters is 1. The van der Waals surface area contributed by atoms with Crippen LogP contribution in [0.3, 0.4) is 0 Å². The van der Waals surface area contributed by atoms with Gasteiger partial charge in [-0.2, -0.15) is 0 Å². The molecule has 0 aliphatic rings. The fourth-order valence-corrected chi connectivity index (χ4v) is 2.20. The summed E-state index contributed by atoms with van der Waals surface area (Å²) in [4.78, 5) is 27.6. The Bertz CT molecular complexity index is 748. The van der Waals surface area contributed by atoms with Crippen LogP contribution in [0.5, 0.6) is 0 Å². The van der Waals surface area contributed by atoms with Gasteiger partial charge in [-0.3, -0.25) is 9.78 Å². The molecule has 0 bridgehead atoms. The van der Waals surface area contributed by atoms with Gasteiger partial charge in [0.25, 0.3) is 5.91 Å². The van der Waals surface area contributed by atoms with E-state index in [0.29, 0.717) is 0 Å². The molecule has 1 aromatic carbocycles. The van der Waals surface area contributed by atoms with Crippen molar-refractivity contribution in [1.82, 2.24) is 4.98 Å². The van der Waals surface area contributed by atoms with Crippen molar-refractivity contribution in [3.63, 3.8) is 0 Å². The zero-order chi connectivity index (χ0) is 17.0. The number of benzene rings is 1. The number of aryl methyl sites for hydroxylation is 1. The van der Waals surface area contributed by atoms with Crippen LogP contribution in [0.15, 0.2) is 30.5 Å². The van der Waals surface area contributed by atoms with Gasteiger partial charge in [0.1, 0.15) is 0 Å². The third kappa shape index (κ3) is 4.82. The second-order valence-corrected chi connectivity index (χ2v) is 5.78. The molecule has 0 saturated heterocycles. The van der Waals surface area contributed by atoms with Crippen molar-refractivity contribution in [3.8, 4) is 0 Å². The minimum Gasteiger partial charge on any atom is -0.452 e. The quantitative estimate of drug-likeness (QED) is 0.646. The van der Waals surface area contributed by atoms with Crippen LogP contribution < -0.4 is 5.32 Å². The van der Waals surface area contributed by atoms with Gasteiger partial charge in [-0.1, -0.05) is 34.8 Å². The Morgan fingerprint density at radius 2 is 1.83 bits per heavy atom. The largest absolute Gasteiger partial charge is 0.452 e. The predicted octanol–water partition coefficient (Wildman–Crippen LogP) is 4.15. The van der Waals surface area contributed by atoms with E-state index < -0.39 is 18.5 Å². The Morgan fingerprint density at radius 1 is 1.13 bits per heavy atom. The van der Waals surface area contributed by atoms with Crippen LogP contribution in [0.4, 0.5) is 5.69 Å². The average Bonchev–Trinajstić information content (AvgIpc) is 2.51. The minimum atomic E-state index is -0.645. The molecule has 1 aromatic heterocycles. The third-order valence-corrected chi connectivity index (χ3v) is 3.80. The predicted molar refractivity (Wildman–Crippen MR) is 89.4 cm³/mol. The summed E-state index contributed by atoms with van der Waals surface area (Å²) in [5, 5.41) is 3.23. The molecule has 120 valence electrons. The third-order valence-electron chi connectivity index (χ3n) is 2.77. The number of carbonyl (C=O) groups excluding carboxylic acids is 2. The highest BCUT2D eigenvalue weighted by Crippen LogP contribution is 2.32. The molecule has 0 saturated carbocycles. The number of amides is 1. The van der Waals surface area contributed by atoms with E-state index in [9.17, 15) is 9.59 Å². The molecule has 5 nitrogen and oxygen atoms in total. The van der Waals surface area contributed by atoms with Crippen LogP contribution in [0.2, 0.25) is 15.1 Å². The molecule has 1 heterocycles. The summed E-state index contributed by atoms with van der Waals surface area (Å²) in [7, 11) is 0. The van der Waals surface area contributed by atoms with Crippen LogP contribution >= 0.6 is 34.8 Å². The van der Waals surface area contributed by atoms with Crippen molar-refractivity contribution in [2.75, 3.05) is 11.9 Å². The molecule has 0 unspecified atom stereocenters. The van der Waals surface area contributed by atoms with Crippen molar-refractivity contribution in [3.05, 3.63) is 56.8 Å². The van der Waals surface area contributed by atoms with E-state index in [0.717, 1.165) is 5.69 Å². The maximum Gasteiger partial charge on any atom is 0.340 e. The van der Waals surface area contributed by atoms with Gasteiger partial charge in [-0.15, -0.1) is 0 Å². The Balaban J connectivity index is 1.94. The molecule has 8 heteroatoms. The second kappa shape index (κ2) is 7.64. The van der Waals surface area contributed by atoms with Gasteiger partial charge >= 0.3 is 5.97 Å². The normalized spacial score (nSPS) is 10.3. The molecular weight excluding hydrogens is 363 g/mol. The Morgan fingerprint density at radius 3 is 2.48 bits per heavy atom. The molecule has 1 N–H and O–H groups in total. The van der Waals surface area contributed by atoms with E-state index in [2.05, 4.69) is 10.3 Å². The van der Waals surface area contributed by atoms with E-state index in [-0.39, 0.29) is 26.3 Å². The van der Waals surface area contributed by atoms with Gasteiger partial charge < -0.3 is 10.1 Å². The van der Waals surface area contributed by atoms with E-state index in [1.807, 2.05) is 0 Å². The molecule has 23 heavy (non-hydrogen) atoms. The molecule has 1 amide bonds. The molecule has 2 aromatic rings. The number of rotatable bonds is 4. The fourth-order valence-electron chi connectivity index (χ4n) is 1.61. The van der Waals surface area contributed by atoms with Crippen LogP contribution in [0.25, 0.3) is 0 Å². The number of halogens is 3. The van der Waals surface area contributed by atoms with Gasteiger partial charge in [-0.25, -0.2) is 4.79 Å². The Kier molecular flexibility index (Phi) is 5.82.